The lowest BCUT2D eigenvalue weighted by Gasteiger charge is -2.09. The highest BCUT2D eigenvalue weighted by molar-refractivity contribution is 6.39. The van der Waals surface area contributed by atoms with Crippen LogP contribution in [-0.4, -0.2) is 38.9 Å². The number of ether oxygens (including phenoxy) is 3. The van der Waals surface area contributed by atoms with Gasteiger partial charge in [-0.15, -0.1) is 0 Å². The van der Waals surface area contributed by atoms with E-state index in [1.165, 1.54) is 20.4 Å². The number of amides is 2. The molecule has 0 unspecified atom stereocenters. The van der Waals surface area contributed by atoms with Gasteiger partial charge in [0.25, 0.3) is 0 Å². The summed E-state index contributed by atoms with van der Waals surface area (Å²) in [6.07, 6.45) is 3.01. The van der Waals surface area contributed by atoms with Crippen LogP contribution in [0.15, 0.2) is 60.2 Å². The van der Waals surface area contributed by atoms with Gasteiger partial charge in [-0.25, -0.2) is 5.43 Å². The zero-order chi connectivity index (χ0) is 20.4. The number of benzene rings is 2. The van der Waals surface area contributed by atoms with E-state index in [2.05, 4.69) is 22.4 Å². The molecule has 0 aliphatic heterocycles. The minimum Gasteiger partial charge on any atom is -0.497 e. The average Bonchev–Trinajstić information content (AvgIpc) is 2.72. The third-order valence-corrected chi connectivity index (χ3v) is 3.46. The van der Waals surface area contributed by atoms with Crippen molar-refractivity contribution in [3.8, 4) is 17.2 Å². The van der Waals surface area contributed by atoms with E-state index in [1.54, 1.807) is 48.5 Å². The van der Waals surface area contributed by atoms with E-state index in [9.17, 15) is 9.59 Å². The molecule has 0 radical (unpaired) electrons. The fourth-order valence-electron chi connectivity index (χ4n) is 2.14. The van der Waals surface area contributed by atoms with Crippen LogP contribution in [0.3, 0.4) is 0 Å². The summed E-state index contributed by atoms with van der Waals surface area (Å²) in [6.45, 7) is 3.94. The second-order valence-electron chi connectivity index (χ2n) is 5.40. The maximum absolute atomic E-state index is 11.9. The molecule has 2 N–H and O–H groups in total. The maximum Gasteiger partial charge on any atom is 0.329 e. The summed E-state index contributed by atoms with van der Waals surface area (Å²) in [4.78, 5) is 23.8. The molecule has 8 heteroatoms. The number of anilines is 1. The van der Waals surface area contributed by atoms with E-state index in [-0.39, 0.29) is 0 Å². The standard InChI is InChI=1S/C20H21N3O5/c1-4-10-28-17-9-8-14(11-18(17)27-3)13-21-23-20(25)19(24)22-15-6-5-7-16(12-15)26-2/h4-9,11-13H,1,10H2,2-3H3,(H,22,24)(H,23,25). The normalized spacial score (nSPS) is 10.2. The van der Waals surface area contributed by atoms with Gasteiger partial charge in [0, 0.05) is 11.8 Å². The number of hydrazone groups is 1. The fraction of sp³-hybridized carbons (Fsp3) is 0.150. The molecule has 8 nitrogen and oxygen atoms in total. The minimum atomic E-state index is -0.906. The molecular formula is C20H21N3O5. The van der Waals surface area contributed by atoms with Crippen molar-refractivity contribution in [2.24, 2.45) is 5.10 Å². The zero-order valence-corrected chi connectivity index (χ0v) is 15.6. The van der Waals surface area contributed by atoms with Crippen molar-refractivity contribution >= 4 is 23.7 Å². The molecule has 0 fully saturated rings. The van der Waals surface area contributed by atoms with Gasteiger partial charge in [-0.3, -0.25) is 9.59 Å². The molecular weight excluding hydrogens is 362 g/mol. The van der Waals surface area contributed by atoms with Crippen LogP contribution in [0.2, 0.25) is 0 Å². The molecule has 0 heterocycles. The van der Waals surface area contributed by atoms with Crippen LogP contribution in [0.4, 0.5) is 5.69 Å². The van der Waals surface area contributed by atoms with Crippen molar-refractivity contribution in [3.63, 3.8) is 0 Å². The molecule has 0 aliphatic carbocycles. The molecule has 0 aromatic heterocycles. The molecule has 0 saturated carbocycles. The van der Waals surface area contributed by atoms with E-state index in [0.29, 0.717) is 35.1 Å². The SMILES string of the molecule is C=CCOc1ccc(C=NNC(=O)C(=O)Nc2cccc(OC)c2)cc1OC. The van der Waals surface area contributed by atoms with Crippen molar-refractivity contribution in [2.45, 2.75) is 0 Å². The predicted octanol–water partition coefficient (Wildman–Crippen LogP) is 2.36. The first-order valence-electron chi connectivity index (χ1n) is 8.27. The lowest BCUT2D eigenvalue weighted by Crippen LogP contribution is -2.32. The van der Waals surface area contributed by atoms with Gasteiger partial charge in [0.1, 0.15) is 12.4 Å². The number of rotatable bonds is 8. The van der Waals surface area contributed by atoms with Gasteiger partial charge in [0.15, 0.2) is 11.5 Å². The van der Waals surface area contributed by atoms with E-state index in [0.717, 1.165) is 0 Å². The van der Waals surface area contributed by atoms with E-state index >= 15 is 0 Å². The van der Waals surface area contributed by atoms with E-state index in [4.69, 9.17) is 14.2 Å². The number of nitrogens with one attached hydrogen (secondary N) is 2. The average molecular weight is 383 g/mol. The van der Waals surface area contributed by atoms with Gasteiger partial charge in [0.05, 0.1) is 20.4 Å². The topological polar surface area (TPSA) is 98.2 Å². The summed E-state index contributed by atoms with van der Waals surface area (Å²) >= 11 is 0. The first-order chi connectivity index (χ1) is 13.6. The number of hydrogen-bond acceptors (Lipinski definition) is 6. The van der Waals surface area contributed by atoms with E-state index in [1.807, 2.05) is 0 Å². The van der Waals surface area contributed by atoms with Gasteiger partial charge in [0.2, 0.25) is 0 Å². The highest BCUT2D eigenvalue weighted by atomic mass is 16.5. The van der Waals surface area contributed by atoms with Crippen molar-refractivity contribution in [1.29, 1.82) is 0 Å². The first-order valence-corrected chi connectivity index (χ1v) is 8.27. The largest absolute Gasteiger partial charge is 0.497 e. The molecule has 0 aliphatic rings. The zero-order valence-electron chi connectivity index (χ0n) is 15.6. The van der Waals surface area contributed by atoms with Crippen LogP contribution in [0.25, 0.3) is 0 Å². The summed E-state index contributed by atoms with van der Waals surface area (Å²) in [5, 5.41) is 6.24. The summed E-state index contributed by atoms with van der Waals surface area (Å²) in [5.74, 6) is -0.132. The molecule has 2 rings (SSSR count). The Bertz CT molecular complexity index is 880. The summed E-state index contributed by atoms with van der Waals surface area (Å²) in [5.41, 5.74) is 3.25. The quantitative estimate of drug-likeness (QED) is 0.316. The molecule has 2 aromatic rings. The molecule has 2 amide bonds. The number of carbonyl (C=O) groups excluding carboxylic acids is 2. The van der Waals surface area contributed by atoms with Gasteiger partial charge < -0.3 is 19.5 Å². The maximum atomic E-state index is 11.9. The molecule has 0 saturated heterocycles. The number of hydrogen-bond donors (Lipinski definition) is 2. The minimum absolute atomic E-state index is 0.349. The van der Waals surface area contributed by atoms with E-state index < -0.39 is 11.8 Å². The van der Waals surface area contributed by atoms with Crippen LogP contribution in [0, 0.1) is 0 Å². The molecule has 2 aromatic carbocycles. The van der Waals surface area contributed by atoms with Crippen molar-refractivity contribution in [2.75, 3.05) is 26.1 Å². The lowest BCUT2D eigenvalue weighted by molar-refractivity contribution is -0.136. The van der Waals surface area contributed by atoms with Crippen LogP contribution < -0.4 is 25.0 Å². The Hall–Kier alpha value is -3.81. The Kier molecular flexibility index (Phi) is 7.59. The third-order valence-electron chi connectivity index (χ3n) is 3.46. The van der Waals surface area contributed by atoms with Gasteiger partial charge in [-0.05, 0) is 35.9 Å². The molecule has 146 valence electrons. The van der Waals surface area contributed by atoms with Crippen molar-refractivity contribution < 1.29 is 23.8 Å². The third kappa shape index (κ3) is 5.87. The summed E-state index contributed by atoms with van der Waals surface area (Å²) in [6, 6.07) is 11.8. The number of methoxy groups -OCH3 is 2. The van der Waals surface area contributed by atoms with Crippen LogP contribution in [0.5, 0.6) is 17.2 Å². The second kappa shape index (κ2) is 10.4. The Balaban J connectivity index is 1.94. The van der Waals surface area contributed by atoms with Gasteiger partial charge in [-0.1, -0.05) is 18.7 Å². The van der Waals surface area contributed by atoms with Gasteiger partial charge in [-0.2, -0.15) is 5.10 Å². The Labute approximate surface area is 162 Å². The Morgan fingerprint density at radius 2 is 1.89 bits per heavy atom. The fourth-order valence-corrected chi connectivity index (χ4v) is 2.14. The Morgan fingerprint density at radius 1 is 1.07 bits per heavy atom. The molecule has 0 spiro atoms. The second-order valence-corrected chi connectivity index (χ2v) is 5.40. The Morgan fingerprint density at radius 3 is 2.61 bits per heavy atom. The lowest BCUT2D eigenvalue weighted by atomic mass is 10.2. The highest BCUT2D eigenvalue weighted by Crippen LogP contribution is 2.27. The van der Waals surface area contributed by atoms with Gasteiger partial charge >= 0.3 is 11.8 Å². The van der Waals surface area contributed by atoms with Crippen LogP contribution in [0.1, 0.15) is 5.56 Å². The number of nitrogens with zero attached hydrogens (tertiary/aromatic N) is 1. The van der Waals surface area contributed by atoms with Crippen molar-refractivity contribution in [3.05, 3.63) is 60.7 Å². The monoisotopic (exact) mass is 383 g/mol. The highest BCUT2D eigenvalue weighted by Gasteiger charge is 2.13. The summed E-state index contributed by atoms with van der Waals surface area (Å²) in [7, 11) is 3.02. The van der Waals surface area contributed by atoms with Crippen molar-refractivity contribution in [1.82, 2.24) is 5.43 Å². The van der Waals surface area contributed by atoms with Crippen LogP contribution in [-0.2, 0) is 9.59 Å². The van der Waals surface area contributed by atoms with Crippen LogP contribution >= 0.6 is 0 Å². The first kappa shape index (κ1) is 20.5. The molecule has 0 bridgehead atoms. The molecule has 28 heavy (non-hydrogen) atoms. The molecule has 0 atom stereocenters. The predicted molar refractivity (Wildman–Crippen MR) is 106 cm³/mol. The smallest absolute Gasteiger partial charge is 0.329 e. The summed E-state index contributed by atoms with van der Waals surface area (Å²) < 4.78 is 15.8. The number of carbonyl (C=O) groups is 2.